The third-order valence-electron chi connectivity index (χ3n) is 2.77. The van der Waals surface area contributed by atoms with E-state index < -0.39 is 0 Å². The maximum absolute atomic E-state index is 5.70. The summed E-state index contributed by atoms with van der Waals surface area (Å²) in [6.45, 7) is 9.15. The van der Waals surface area contributed by atoms with E-state index in [9.17, 15) is 0 Å². The summed E-state index contributed by atoms with van der Waals surface area (Å²) < 4.78 is 5.13. The first kappa shape index (κ1) is 13.9. The van der Waals surface area contributed by atoms with Gasteiger partial charge in [-0.25, -0.2) is 0 Å². The van der Waals surface area contributed by atoms with Crippen LogP contribution in [0.25, 0.3) is 0 Å². The lowest BCUT2D eigenvalue weighted by atomic mass is 9.96. The Balaban J connectivity index is 3.75. The minimum Gasteiger partial charge on any atom is -0.383 e. The molecule has 0 saturated heterocycles. The fourth-order valence-corrected chi connectivity index (χ4v) is 1.43. The molecule has 86 valence electrons. The lowest BCUT2D eigenvalue weighted by Gasteiger charge is -2.23. The zero-order valence-corrected chi connectivity index (χ0v) is 10.0. The lowest BCUT2D eigenvalue weighted by Crippen LogP contribution is -2.39. The molecule has 2 unspecified atom stereocenters. The van der Waals surface area contributed by atoms with Crippen LogP contribution in [0.15, 0.2) is 0 Å². The van der Waals surface area contributed by atoms with E-state index in [0.29, 0.717) is 17.9 Å². The van der Waals surface area contributed by atoms with E-state index in [1.54, 1.807) is 7.11 Å². The van der Waals surface area contributed by atoms with Crippen molar-refractivity contribution in [3.05, 3.63) is 0 Å². The number of methoxy groups -OCH3 is 1. The molecule has 3 nitrogen and oxygen atoms in total. The van der Waals surface area contributed by atoms with Crippen LogP contribution >= 0.6 is 0 Å². The molecule has 0 aliphatic heterocycles. The molecule has 0 saturated carbocycles. The van der Waals surface area contributed by atoms with Crippen molar-refractivity contribution in [3.8, 4) is 0 Å². The first-order chi connectivity index (χ1) is 6.65. The number of ether oxygens (including phenoxy) is 1. The Hall–Kier alpha value is -0.120. The Kier molecular flexibility index (Phi) is 8.14. The van der Waals surface area contributed by atoms with Crippen molar-refractivity contribution < 1.29 is 4.74 Å². The van der Waals surface area contributed by atoms with Crippen LogP contribution in [-0.2, 0) is 4.74 Å². The molecule has 0 fully saturated rings. The molecule has 0 aromatic carbocycles. The Labute approximate surface area is 88.4 Å². The van der Waals surface area contributed by atoms with Crippen molar-refractivity contribution in [2.45, 2.75) is 33.2 Å². The molecule has 14 heavy (non-hydrogen) atoms. The maximum atomic E-state index is 5.70. The minimum atomic E-state index is 0.466. The van der Waals surface area contributed by atoms with Crippen LogP contribution in [0.4, 0.5) is 0 Å². The number of hydrogen-bond acceptors (Lipinski definition) is 3. The summed E-state index contributed by atoms with van der Waals surface area (Å²) in [4.78, 5) is 0. The summed E-state index contributed by atoms with van der Waals surface area (Å²) in [5.41, 5.74) is 5.70. The van der Waals surface area contributed by atoms with Crippen LogP contribution in [0.2, 0.25) is 0 Å². The van der Waals surface area contributed by atoms with Crippen molar-refractivity contribution >= 4 is 0 Å². The lowest BCUT2D eigenvalue weighted by molar-refractivity contribution is 0.160. The standard InChI is InChI=1S/C11H26N2O/c1-5-11(8-14-4)13-7-10(6-12)9(2)3/h9-11,13H,5-8,12H2,1-4H3. The average Bonchev–Trinajstić information content (AvgIpc) is 2.16. The molecule has 0 radical (unpaired) electrons. The summed E-state index contributed by atoms with van der Waals surface area (Å²) in [7, 11) is 1.74. The van der Waals surface area contributed by atoms with Crippen molar-refractivity contribution in [1.82, 2.24) is 5.32 Å². The first-order valence-corrected chi connectivity index (χ1v) is 5.58. The highest BCUT2D eigenvalue weighted by atomic mass is 16.5. The quantitative estimate of drug-likeness (QED) is 0.622. The van der Waals surface area contributed by atoms with Crippen molar-refractivity contribution in [1.29, 1.82) is 0 Å². The molecule has 2 atom stereocenters. The van der Waals surface area contributed by atoms with E-state index >= 15 is 0 Å². The smallest absolute Gasteiger partial charge is 0.0615 e. The molecule has 0 amide bonds. The monoisotopic (exact) mass is 202 g/mol. The average molecular weight is 202 g/mol. The Bertz CT molecular complexity index is 128. The molecule has 3 N–H and O–H groups in total. The summed E-state index contributed by atoms with van der Waals surface area (Å²) in [6, 6.07) is 0.466. The predicted molar refractivity (Wildman–Crippen MR) is 61.3 cm³/mol. The van der Waals surface area contributed by atoms with Gasteiger partial charge in [0.05, 0.1) is 6.61 Å². The van der Waals surface area contributed by atoms with Gasteiger partial charge >= 0.3 is 0 Å². The van der Waals surface area contributed by atoms with Crippen molar-refractivity contribution in [2.75, 3.05) is 26.8 Å². The molecule has 0 aromatic rings. The van der Waals surface area contributed by atoms with Gasteiger partial charge in [-0.15, -0.1) is 0 Å². The van der Waals surface area contributed by atoms with Gasteiger partial charge in [-0.2, -0.15) is 0 Å². The van der Waals surface area contributed by atoms with Gasteiger partial charge in [-0.05, 0) is 31.3 Å². The highest BCUT2D eigenvalue weighted by Crippen LogP contribution is 2.08. The molecular weight excluding hydrogens is 176 g/mol. The maximum Gasteiger partial charge on any atom is 0.0615 e. The minimum absolute atomic E-state index is 0.466. The second-order valence-corrected chi connectivity index (χ2v) is 4.21. The number of nitrogens with two attached hydrogens (primary N) is 1. The van der Waals surface area contributed by atoms with E-state index in [1.807, 2.05) is 0 Å². The van der Waals surface area contributed by atoms with E-state index in [0.717, 1.165) is 26.1 Å². The van der Waals surface area contributed by atoms with Crippen LogP contribution in [0.1, 0.15) is 27.2 Å². The summed E-state index contributed by atoms with van der Waals surface area (Å²) in [5, 5.41) is 3.50. The topological polar surface area (TPSA) is 47.3 Å². The van der Waals surface area contributed by atoms with Crippen molar-refractivity contribution in [3.63, 3.8) is 0 Å². The van der Waals surface area contributed by atoms with Crippen LogP contribution in [0.3, 0.4) is 0 Å². The molecular formula is C11H26N2O. The molecule has 0 aliphatic rings. The summed E-state index contributed by atoms with van der Waals surface area (Å²) >= 11 is 0. The van der Waals surface area contributed by atoms with Gasteiger partial charge in [-0.1, -0.05) is 20.8 Å². The molecule has 0 spiro atoms. The third kappa shape index (κ3) is 5.58. The normalized spacial score (nSPS) is 15.9. The van der Waals surface area contributed by atoms with Crippen LogP contribution < -0.4 is 11.1 Å². The SMILES string of the molecule is CCC(COC)NCC(CN)C(C)C. The van der Waals surface area contributed by atoms with Crippen LogP contribution in [0, 0.1) is 11.8 Å². The fraction of sp³-hybridized carbons (Fsp3) is 1.00. The number of rotatable bonds is 8. The van der Waals surface area contributed by atoms with Gasteiger partial charge in [-0.3, -0.25) is 0 Å². The van der Waals surface area contributed by atoms with Gasteiger partial charge in [0.1, 0.15) is 0 Å². The Morgan fingerprint density at radius 3 is 2.36 bits per heavy atom. The van der Waals surface area contributed by atoms with E-state index in [-0.39, 0.29) is 0 Å². The van der Waals surface area contributed by atoms with Gasteiger partial charge in [0.15, 0.2) is 0 Å². The predicted octanol–water partition coefficient (Wildman–Crippen LogP) is 1.23. The Morgan fingerprint density at radius 1 is 1.36 bits per heavy atom. The zero-order chi connectivity index (χ0) is 11.0. The second kappa shape index (κ2) is 8.21. The van der Waals surface area contributed by atoms with Gasteiger partial charge in [0.2, 0.25) is 0 Å². The van der Waals surface area contributed by atoms with Gasteiger partial charge in [0.25, 0.3) is 0 Å². The Morgan fingerprint density at radius 2 is 2.00 bits per heavy atom. The van der Waals surface area contributed by atoms with Gasteiger partial charge < -0.3 is 15.8 Å². The van der Waals surface area contributed by atoms with Crippen LogP contribution in [-0.4, -0.2) is 32.8 Å². The number of hydrogen-bond donors (Lipinski definition) is 2. The van der Waals surface area contributed by atoms with Crippen molar-refractivity contribution in [2.24, 2.45) is 17.6 Å². The van der Waals surface area contributed by atoms with Gasteiger partial charge in [0, 0.05) is 13.2 Å². The summed E-state index contributed by atoms with van der Waals surface area (Å²) in [6.07, 6.45) is 1.10. The zero-order valence-electron chi connectivity index (χ0n) is 10.0. The molecule has 0 bridgehead atoms. The first-order valence-electron chi connectivity index (χ1n) is 5.58. The highest BCUT2D eigenvalue weighted by molar-refractivity contribution is 4.71. The molecule has 0 rings (SSSR count). The van der Waals surface area contributed by atoms with E-state index in [4.69, 9.17) is 10.5 Å². The largest absolute Gasteiger partial charge is 0.383 e. The van der Waals surface area contributed by atoms with Crippen LogP contribution in [0.5, 0.6) is 0 Å². The third-order valence-corrected chi connectivity index (χ3v) is 2.77. The second-order valence-electron chi connectivity index (χ2n) is 4.21. The summed E-state index contributed by atoms with van der Waals surface area (Å²) in [5.74, 6) is 1.22. The highest BCUT2D eigenvalue weighted by Gasteiger charge is 2.13. The van der Waals surface area contributed by atoms with E-state index in [1.165, 1.54) is 0 Å². The molecule has 0 aliphatic carbocycles. The molecule has 3 heteroatoms. The molecule has 0 aromatic heterocycles. The molecule has 0 heterocycles. The number of nitrogens with one attached hydrogen (secondary N) is 1. The van der Waals surface area contributed by atoms with E-state index in [2.05, 4.69) is 26.1 Å². The fourth-order valence-electron chi connectivity index (χ4n) is 1.43.